The summed E-state index contributed by atoms with van der Waals surface area (Å²) in [5.74, 6) is -0.221. The minimum Gasteiger partial charge on any atom is -0.457 e. The highest BCUT2D eigenvalue weighted by Crippen LogP contribution is 2.36. The summed E-state index contributed by atoms with van der Waals surface area (Å²) in [4.78, 5) is 32.5. The van der Waals surface area contributed by atoms with Crippen molar-refractivity contribution in [3.8, 4) is 17.2 Å². The van der Waals surface area contributed by atoms with Crippen LogP contribution in [0, 0.1) is 0 Å². The van der Waals surface area contributed by atoms with E-state index in [2.05, 4.69) is 25.3 Å². The molecule has 0 atom stereocenters. The van der Waals surface area contributed by atoms with Gasteiger partial charge in [-0.25, -0.2) is 9.97 Å². The first kappa shape index (κ1) is 23.0. The van der Waals surface area contributed by atoms with E-state index in [1.165, 1.54) is 30.9 Å². The second-order valence-electron chi connectivity index (χ2n) is 7.61. The Hall–Kier alpha value is -4.15. The van der Waals surface area contributed by atoms with Crippen LogP contribution in [0.15, 0.2) is 67.3 Å². The number of aromatic nitrogens is 2. The number of carbonyl (C=O) groups excluding carboxylic acids is 2. The first-order chi connectivity index (χ1) is 16.2. The molecular formula is C23H19F3N4O4. The minimum atomic E-state index is -4.75. The number of hydrogen-bond acceptors (Lipinski definition) is 6. The van der Waals surface area contributed by atoms with E-state index >= 15 is 0 Å². The molecule has 0 radical (unpaired) electrons. The van der Waals surface area contributed by atoms with Gasteiger partial charge in [0, 0.05) is 18.9 Å². The maximum Gasteiger partial charge on any atom is 0.573 e. The second kappa shape index (κ2) is 9.38. The number of nitrogens with one attached hydrogen (secondary N) is 2. The molecular weight excluding hydrogens is 453 g/mol. The number of rotatable bonds is 8. The summed E-state index contributed by atoms with van der Waals surface area (Å²) in [6.07, 6.45) is 0.399. The van der Waals surface area contributed by atoms with Crippen molar-refractivity contribution in [2.45, 2.75) is 31.3 Å². The number of alkyl halides is 3. The number of halogens is 3. The molecule has 34 heavy (non-hydrogen) atoms. The van der Waals surface area contributed by atoms with E-state index in [0.717, 1.165) is 17.7 Å². The molecule has 1 aliphatic carbocycles. The number of benzene rings is 2. The minimum absolute atomic E-state index is 0.245. The van der Waals surface area contributed by atoms with Gasteiger partial charge in [0.15, 0.2) is 0 Å². The fraction of sp³-hybridized carbons (Fsp3) is 0.217. The van der Waals surface area contributed by atoms with Crippen molar-refractivity contribution in [3.63, 3.8) is 0 Å². The molecule has 0 saturated heterocycles. The van der Waals surface area contributed by atoms with Gasteiger partial charge in [0.05, 0.1) is 5.56 Å². The molecule has 0 spiro atoms. The maximum atomic E-state index is 12.6. The quantitative estimate of drug-likeness (QED) is 0.518. The number of carbonyl (C=O) groups is 2. The van der Waals surface area contributed by atoms with E-state index in [9.17, 15) is 22.8 Å². The molecule has 0 bridgehead atoms. The van der Waals surface area contributed by atoms with E-state index in [1.54, 1.807) is 24.3 Å². The van der Waals surface area contributed by atoms with Crippen molar-refractivity contribution in [1.82, 2.24) is 20.6 Å². The fourth-order valence-corrected chi connectivity index (χ4v) is 3.11. The van der Waals surface area contributed by atoms with Crippen LogP contribution >= 0.6 is 0 Å². The molecule has 8 nitrogen and oxygen atoms in total. The Bertz CT molecular complexity index is 1150. The van der Waals surface area contributed by atoms with Gasteiger partial charge in [-0.15, -0.1) is 13.2 Å². The Morgan fingerprint density at radius 3 is 2.03 bits per heavy atom. The standard InChI is InChI=1S/C23H19F3N4O4/c24-23(25,26)34-19-7-5-18(6-8-19)33-17-3-1-15(2-4-17)11-29-21(32)22(9-10-22)30-20(31)16-12-27-14-28-13-16/h1-8,12-14H,9-11H2,(H,29,32)(H,30,31). The Balaban J connectivity index is 1.27. The summed E-state index contributed by atoms with van der Waals surface area (Å²) in [5, 5.41) is 5.57. The van der Waals surface area contributed by atoms with Crippen molar-refractivity contribution in [2.24, 2.45) is 0 Å². The third-order valence-corrected chi connectivity index (χ3v) is 5.03. The summed E-state index contributed by atoms with van der Waals surface area (Å²) in [7, 11) is 0. The molecule has 0 unspecified atom stereocenters. The summed E-state index contributed by atoms with van der Waals surface area (Å²) in [5.41, 5.74) is 0.144. The summed E-state index contributed by atoms with van der Waals surface area (Å²) in [6.45, 7) is 0.245. The van der Waals surface area contributed by atoms with Crippen LogP contribution in [0.4, 0.5) is 13.2 Å². The topological polar surface area (TPSA) is 102 Å². The lowest BCUT2D eigenvalue weighted by Gasteiger charge is -2.17. The second-order valence-corrected chi connectivity index (χ2v) is 7.61. The molecule has 2 N–H and O–H groups in total. The molecule has 1 saturated carbocycles. The van der Waals surface area contributed by atoms with Crippen LogP contribution in [0.3, 0.4) is 0 Å². The van der Waals surface area contributed by atoms with Gasteiger partial charge in [-0.05, 0) is 54.8 Å². The molecule has 3 aromatic rings. The third-order valence-electron chi connectivity index (χ3n) is 5.03. The molecule has 11 heteroatoms. The van der Waals surface area contributed by atoms with Gasteiger partial charge in [-0.1, -0.05) is 12.1 Å². The SMILES string of the molecule is O=C(NC1(C(=O)NCc2ccc(Oc3ccc(OC(F)(F)F)cc3)cc2)CC1)c1cncnc1. The third kappa shape index (κ3) is 6.00. The fourth-order valence-electron chi connectivity index (χ4n) is 3.11. The predicted molar refractivity (Wildman–Crippen MR) is 113 cm³/mol. The van der Waals surface area contributed by atoms with Crippen molar-refractivity contribution >= 4 is 11.8 Å². The predicted octanol–water partition coefficient (Wildman–Crippen LogP) is 3.75. The molecule has 0 aliphatic heterocycles. The van der Waals surface area contributed by atoms with Crippen LogP contribution in [0.1, 0.15) is 28.8 Å². The Morgan fingerprint density at radius 1 is 0.912 bits per heavy atom. The molecule has 2 aromatic carbocycles. The number of ether oxygens (including phenoxy) is 2. The lowest BCUT2D eigenvalue weighted by Crippen LogP contribution is -2.48. The highest BCUT2D eigenvalue weighted by atomic mass is 19.4. The van der Waals surface area contributed by atoms with Gasteiger partial charge in [-0.2, -0.15) is 0 Å². The lowest BCUT2D eigenvalue weighted by atomic mass is 10.2. The average molecular weight is 472 g/mol. The summed E-state index contributed by atoms with van der Waals surface area (Å²) in [6, 6.07) is 11.9. The van der Waals surface area contributed by atoms with Crippen LogP contribution in [0.25, 0.3) is 0 Å². The van der Waals surface area contributed by atoms with Crippen molar-refractivity contribution < 1.29 is 32.2 Å². The van der Waals surface area contributed by atoms with E-state index < -0.39 is 17.8 Å². The summed E-state index contributed by atoms with van der Waals surface area (Å²) >= 11 is 0. The molecule has 176 valence electrons. The Labute approximate surface area is 192 Å². The smallest absolute Gasteiger partial charge is 0.457 e. The van der Waals surface area contributed by atoms with Crippen LogP contribution < -0.4 is 20.1 Å². The van der Waals surface area contributed by atoms with E-state index in [0.29, 0.717) is 24.3 Å². The zero-order chi connectivity index (χ0) is 24.2. The first-order valence-electron chi connectivity index (χ1n) is 10.2. The molecule has 4 rings (SSSR count). The van der Waals surface area contributed by atoms with Crippen LogP contribution in [0.2, 0.25) is 0 Å². The maximum absolute atomic E-state index is 12.6. The van der Waals surface area contributed by atoms with Crippen LogP contribution in [0.5, 0.6) is 17.2 Å². The van der Waals surface area contributed by atoms with Gasteiger partial charge in [0.25, 0.3) is 5.91 Å². The molecule has 2 amide bonds. The van der Waals surface area contributed by atoms with Crippen molar-refractivity contribution in [1.29, 1.82) is 0 Å². The zero-order valence-electron chi connectivity index (χ0n) is 17.6. The Morgan fingerprint density at radius 2 is 1.47 bits per heavy atom. The molecule has 1 heterocycles. The lowest BCUT2D eigenvalue weighted by molar-refractivity contribution is -0.274. The highest BCUT2D eigenvalue weighted by molar-refractivity contribution is 6.00. The largest absolute Gasteiger partial charge is 0.573 e. The van der Waals surface area contributed by atoms with Gasteiger partial charge in [0.2, 0.25) is 5.91 Å². The van der Waals surface area contributed by atoms with Gasteiger partial charge in [0.1, 0.15) is 29.1 Å². The van der Waals surface area contributed by atoms with Crippen molar-refractivity contribution in [3.05, 3.63) is 78.4 Å². The Kier molecular flexibility index (Phi) is 6.35. The van der Waals surface area contributed by atoms with E-state index in [1.807, 2.05) is 0 Å². The average Bonchev–Trinajstić information content (AvgIpc) is 3.60. The molecule has 1 fully saturated rings. The van der Waals surface area contributed by atoms with E-state index in [-0.39, 0.29) is 23.8 Å². The zero-order valence-corrected chi connectivity index (χ0v) is 17.6. The molecule has 1 aliphatic rings. The van der Waals surface area contributed by atoms with Crippen LogP contribution in [-0.2, 0) is 11.3 Å². The van der Waals surface area contributed by atoms with Gasteiger partial charge < -0.3 is 20.1 Å². The summed E-state index contributed by atoms with van der Waals surface area (Å²) < 4.78 is 46.1. The monoisotopic (exact) mass is 472 g/mol. The number of amides is 2. The van der Waals surface area contributed by atoms with Crippen LogP contribution in [-0.4, -0.2) is 33.7 Å². The number of hydrogen-bond donors (Lipinski definition) is 2. The highest BCUT2D eigenvalue weighted by Gasteiger charge is 2.51. The normalized spacial score (nSPS) is 14.1. The first-order valence-corrected chi connectivity index (χ1v) is 10.2. The number of nitrogens with zero attached hydrogens (tertiary/aromatic N) is 2. The van der Waals surface area contributed by atoms with Crippen molar-refractivity contribution in [2.75, 3.05) is 0 Å². The molecule has 1 aromatic heterocycles. The van der Waals surface area contributed by atoms with Gasteiger partial charge in [-0.3, -0.25) is 9.59 Å². The van der Waals surface area contributed by atoms with E-state index in [4.69, 9.17) is 4.74 Å². The van der Waals surface area contributed by atoms with Gasteiger partial charge >= 0.3 is 6.36 Å².